The fourth-order valence-corrected chi connectivity index (χ4v) is 1.88. The zero-order valence-corrected chi connectivity index (χ0v) is 11.1. The highest BCUT2D eigenvalue weighted by atomic mass is 35.5. The van der Waals surface area contributed by atoms with Crippen LogP contribution in [0.3, 0.4) is 0 Å². The van der Waals surface area contributed by atoms with Crippen molar-refractivity contribution in [2.75, 3.05) is 7.11 Å². The van der Waals surface area contributed by atoms with Crippen LogP contribution in [0.5, 0.6) is 0 Å². The van der Waals surface area contributed by atoms with E-state index in [1.54, 1.807) is 6.92 Å². The molecule has 2 rings (SSSR count). The molecule has 0 bridgehead atoms. The average Bonchev–Trinajstić information content (AvgIpc) is 2.34. The first kappa shape index (κ1) is 13.8. The molecule has 0 aliphatic carbocycles. The van der Waals surface area contributed by atoms with E-state index in [1.165, 1.54) is 25.3 Å². The fraction of sp³-hybridized carbons (Fsp3) is 0.231. The number of nitrogens with zero attached hydrogens (tertiary/aromatic N) is 2. The molecule has 1 aromatic heterocycles. The van der Waals surface area contributed by atoms with Crippen LogP contribution in [0.15, 0.2) is 18.2 Å². The number of methoxy groups -OCH3 is 1. The topological polar surface area (TPSA) is 35.0 Å². The van der Waals surface area contributed by atoms with Gasteiger partial charge in [0.1, 0.15) is 23.4 Å². The number of hydrogen-bond acceptors (Lipinski definition) is 3. The molecule has 3 nitrogen and oxygen atoms in total. The second kappa shape index (κ2) is 5.59. The molecular weight excluding hydrogens is 274 g/mol. The van der Waals surface area contributed by atoms with Gasteiger partial charge in [-0.3, -0.25) is 0 Å². The normalized spacial score (nSPS) is 10.8. The molecule has 0 aliphatic rings. The summed E-state index contributed by atoms with van der Waals surface area (Å²) in [6.07, 6.45) is 0. The number of rotatable bonds is 3. The summed E-state index contributed by atoms with van der Waals surface area (Å²) >= 11 is 5.83. The molecule has 0 aliphatic heterocycles. The first-order valence-corrected chi connectivity index (χ1v) is 5.88. The lowest BCUT2D eigenvalue weighted by Crippen LogP contribution is -2.02. The average molecular weight is 285 g/mol. The van der Waals surface area contributed by atoms with Crippen LogP contribution in [-0.2, 0) is 11.3 Å². The Kier molecular flexibility index (Phi) is 4.07. The van der Waals surface area contributed by atoms with Gasteiger partial charge in [-0.2, -0.15) is 0 Å². The van der Waals surface area contributed by atoms with Gasteiger partial charge < -0.3 is 4.74 Å². The number of halogens is 3. The zero-order valence-electron chi connectivity index (χ0n) is 10.4. The van der Waals surface area contributed by atoms with Crippen LogP contribution in [0.1, 0.15) is 11.4 Å². The van der Waals surface area contributed by atoms with Crippen LogP contribution >= 0.6 is 11.6 Å². The van der Waals surface area contributed by atoms with E-state index in [2.05, 4.69) is 9.97 Å². The first-order valence-electron chi connectivity index (χ1n) is 5.50. The molecule has 6 heteroatoms. The van der Waals surface area contributed by atoms with Crippen molar-refractivity contribution >= 4 is 11.6 Å². The molecule has 0 saturated carbocycles. The molecule has 100 valence electrons. The molecular formula is C13H11ClF2N2O. The molecule has 0 spiro atoms. The monoisotopic (exact) mass is 284 g/mol. The third kappa shape index (κ3) is 2.88. The van der Waals surface area contributed by atoms with Gasteiger partial charge in [0.2, 0.25) is 0 Å². The molecule has 2 aromatic rings. The van der Waals surface area contributed by atoms with Gasteiger partial charge in [-0.05, 0) is 18.6 Å². The molecule has 0 fully saturated rings. The summed E-state index contributed by atoms with van der Waals surface area (Å²) in [6, 6.07) is 3.88. The van der Waals surface area contributed by atoms with Gasteiger partial charge in [0.05, 0.1) is 11.3 Å². The quantitative estimate of drug-likeness (QED) is 0.809. The van der Waals surface area contributed by atoms with Crippen molar-refractivity contribution in [2.24, 2.45) is 0 Å². The van der Waals surface area contributed by atoms with Crippen LogP contribution in [0, 0.1) is 18.6 Å². The number of benzene rings is 1. The largest absolute Gasteiger partial charge is 0.377 e. The number of hydrogen-bond donors (Lipinski definition) is 0. The predicted octanol–water partition coefficient (Wildman–Crippen LogP) is 3.53. The lowest BCUT2D eigenvalue weighted by Gasteiger charge is -2.08. The molecule has 0 atom stereocenters. The van der Waals surface area contributed by atoms with Gasteiger partial charge in [-0.15, -0.1) is 0 Å². The van der Waals surface area contributed by atoms with Crippen LogP contribution < -0.4 is 0 Å². The molecule has 0 saturated heterocycles. The van der Waals surface area contributed by atoms with E-state index in [0.29, 0.717) is 5.56 Å². The molecule has 0 radical (unpaired) electrons. The van der Waals surface area contributed by atoms with E-state index in [0.717, 1.165) is 0 Å². The minimum absolute atomic E-state index is 0.103. The first-order chi connectivity index (χ1) is 9.02. The summed E-state index contributed by atoms with van der Waals surface area (Å²) in [4.78, 5) is 7.97. The summed E-state index contributed by atoms with van der Waals surface area (Å²) in [5.74, 6) is -1.08. The van der Waals surface area contributed by atoms with Crippen molar-refractivity contribution in [2.45, 2.75) is 13.5 Å². The minimum Gasteiger partial charge on any atom is -0.377 e. The maximum Gasteiger partial charge on any atom is 0.156 e. The molecule has 1 heterocycles. The molecule has 0 N–H and O–H groups in total. The molecule has 1 aromatic carbocycles. The summed E-state index contributed by atoms with van der Waals surface area (Å²) in [5.41, 5.74) is 0.229. The highest BCUT2D eigenvalue weighted by Crippen LogP contribution is 2.28. The second-order valence-electron chi connectivity index (χ2n) is 3.98. The van der Waals surface area contributed by atoms with E-state index in [1.807, 2.05) is 0 Å². The Morgan fingerprint density at radius 3 is 2.68 bits per heavy atom. The SMILES string of the molecule is COCc1nc(Cl)cc(-c2c(F)ccc(C)c2F)n1. The number of aromatic nitrogens is 2. The zero-order chi connectivity index (χ0) is 14.0. The van der Waals surface area contributed by atoms with Crippen molar-refractivity contribution in [3.63, 3.8) is 0 Å². The van der Waals surface area contributed by atoms with E-state index in [9.17, 15) is 8.78 Å². The van der Waals surface area contributed by atoms with Gasteiger partial charge in [0.15, 0.2) is 5.82 Å². The Labute approximate surface area is 114 Å². The smallest absolute Gasteiger partial charge is 0.156 e. The van der Waals surface area contributed by atoms with Gasteiger partial charge in [-0.1, -0.05) is 17.7 Å². The van der Waals surface area contributed by atoms with Gasteiger partial charge in [0.25, 0.3) is 0 Å². The van der Waals surface area contributed by atoms with Gasteiger partial charge in [0, 0.05) is 13.2 Å². The van der Waals surface area contributed by atoms with Crippen molar-refractivity contribution < 1.29 is 13.5 Å². The highest BCUT2D eigenvalue weighted by Gasteiger charge is 2.16. The van der Waals surface area contributed by atoms with Gasteiger partial charge >= 0.3 is 0 Å². The fourth-order valence-electron chi connectivity index (χ4n) is 1.68. The number of ether oxygens (including phenoxy) is 1. The Hall–Kier alpha value is -1.59. The van der Waals surface area contributed by atoms with Crippen molar-refractivity contribution in [3.8, 4) is 11.3 Å². The summed E-state index contributed by atoms with van der Waals surface area (Å²) < 4.78 is 32.7. The van der Waals surface area contributed by atoms with Gasteiger partial charge in [-0.25, -0.2) is 18.7 Å². The molecule has 0 amide bonds. The van der Waals surface area contributed by atoms with E-state index in [4.69, 9.17) is 16.3 Å². The van der Waals surface area contributed by atoms with Crippen LogP contribution in [-0.4, -0.2) is 17.1 Å². The van der Waals surface area contributed by atoms with E-state index in [-0.39, 0.29) is 28.8 Å². The maximum atomic E-state index is 14.0. The maximum absolute atomic E-state index is 14.0. The Balaban J connectivity index is 2.62. The van der Waals surface area contributed by atoms with Crippen molar-refractivity contribution in [1.29, 1.82) is 0 Å². The second-order valence-corrected chi connectivity index (χ2v) is 4.37. The third-order valence-electron chi connectivity index (χ3n) is 2.55. The van der Waals surface area contributed by atoms with Crippen LogP contribution in [0.2, 0.25) is 5.15 Å². The Morgan fingerprint density at radius 2 is 2.00 bits per heavy atom. The molecule has 0 unspecified atom stereocenters. The van der Waals surface area contributed by atoms with Crippen LogP contribution in [0.25, 0.3) is 11.3 Å². The highest BCUT2D eigenvalue weighted by molar-refractivity contribution is 6.29. The molecule has 19 heavy (non-hydrogen) atoms. The van der Waals surface area contributed by atoms with E-state index < -0.39 is 11.6 Å². The Morgan fingerprint density at radius 1 is 1.26 bits per heavy atom. The van der Waals surface area contributed by atoms with Crippen molar-refractivity contribution in [1.82, 2.24) is 9.97 Å². The summed E-state index contributed by atoms with van der Waals surface area (Å²) in [6.45, 7) is 1.67. The lowest BCUT2D eigenvalue weighted by atomic mass is 10.1. The lowest BCUT2D eigenvalue weighted by molar-refractivity contribution is 0.178. The standard InChI is InChI=1S/C13H11ClF2N2O/c1-7-3-4-8(15)12(13(7)16)9-5-10(14)18-11(17-9)6-19-2/h3-5H,6H2,1-2H3. The Bertz CT molecular complexity index is 620. The minimum atomic E-state index is -0.693. The van der Waals surface area contributed by atoms with Crippen LogP contribution in [0.4, 0.5) is 8.78 Å². The summed E-state index contributed by atoms with van der Waals surface area (Å²) in [7, 11) is 1.47. The third-order valence-corrected chi connectivity index (χ3v) is 2.75. The summed E-state index contributed by atoms with van der Waals surface area (Å²) in [5, 5.41) is 0.109. The predicted molar refractivity (Wildman–Crippen MR) is 67.8 cm³/mol. The number of aryl methyl sites for hydroxylation is 1. The van der Waals surface area contributed by atoms with E-state index >= 15 is 0 Å². The van der Waals surface area contributed by atoms with Crippen molar-refractivity contribution in [3.05, 3.63) is 46.4 Å².